The normalized spacial score (nSPS) is 16.6. The number of cyclic esters (lactones) is 1. The minimum atomic E-state index is -2.35. The Balaban J connectivity index is 1.56. The van der Waals surface area contributed by atoms with Gasteiger partial charge in [0.05, 0.1) is 22.3 Å². The van der Waals surface area contributed by atoms with E-state index < -0.39 is 157 Å². The van der Waals surface area contributed by atoms with Gasteiger partial charge in [0.15, 0.2) is 46.4 Å². The molecule has 21 nitrogen and oxygen atoms in total. The molecule has 0 saturated heterocycles. The second kappa shape index (κ2) is 13.6. The van der Waals surface area contributed by atoms with Gasteiger partial charge < -0.3 is 79.9 Å². The molecule has 2 heterocycles. The zero-order chi connectivity index (χ0) is 41.1. The maximum absolute atomic E-state index is 14.0. The Morgan fingerprint density at radius 1 is 0.554 bits per heavy atom. The van der Waals surface area contributed by atoms with Gasteiger partial charge >= 0.3 is 29.8 Å². The standard InChI is InChI=1S/C35H24O21/c1-9-14(36)2-10(3-15(9)37)31(47)55-29-28-20(53-35(51)30(29)56-32(48)11-4-16(38)23(42)17(39)5-11)8-52-33(49)12-6-18(40)24(43)26(45)21(12)22-13(34(50)54-28)7-19(41)25(44)27(22)46/h2-7,20,28,36-46H,8H2,1H3. The smallest absolute Gasteiger partial charge is 0.378 e. The van der Waals surface area contributed by atoms with Crippen molar-refractivity contribution in [2.75, 3.05) is 6.61 Å². The molecule has 21 heteroatoms. The number of benzene rings is 4. The van der Waals surface area contributed by atoms with Gasteiger partial charge in [-0.25, -0.2) is 24.0 Å². The molecule has 0 fully saturated rings. The topological polar surface area (TPSA) is 354 Å². The molecule has 4 aromatic carbocycles. The van der Waals surface area contributed by atoms with Crippen molar-refractivity contribution in [2.45, 2.75) is 19.1 Å². The van der Waals surface area contributed by atoms with Crippen LogP contribution in [0.1, 0.15) is 47.0 Å². The van der Waals surface area contributed by atoms with Crippen molar-refractivity contribution in [1.82, 2.24) is 0 Å². The third-order valence-corrected chi connectivity index (χ3v) is 8.37. The number of hydrogen-bond acceptors (Lipinski definition) is 21. The molecule has 2 aliphatic heterocycles. The van der Waals surface area contributed by atoms with Crippen LogP contribution in [0.2, 0.25) is 0 Å². The SMILES string of the molecule is Cc1c(O)cc(C(=O)OC2=C(OC(=O)c3cc(O)c(O)c(O)c3)C(=O)OC3COC(=O)c4cc(O)c(O)c(O)c4-c4c(cc(O)c(O)c4O)C(=O)OC23)cc1O. The molecule has 2 atom stereocenters. The van der Waals surface area contributed by atoms with Crippen molar-refractivity contribution in [3.63, 3.8) is 0 Å². The van der Waals surface area contributed by atoms with Crippen LogP contribution in [0.3, 0.4) is 0 Å². The van der Waals surface area contributed by atoms with E-state index in [-0.39, 0.29) is 5.56 Å². The summed E-state index contributed by atoms with van der Waals surface area (Å²) in [6.07, 6.45) is -4.41. The lowest BCUT2D eigenvalue weighted by Crippen LogP contribution is -2.46. The number of rotatable bonds is 4. The van der Waals surface area contributed by atoms with Crippen LogP contribution < -0.4 is 0 Å². The summed E-state index contributed by atoms with van der Waals surface area (Å²) in [4.78, 5) is 67.7. The third-order valence-electron chi connectivity index (χ3n) is 8.37. The van der Waals surface area contributed by atoms with Crippen LogP contribution in [0, 0.1) is 6.92 Å². The maximum Gasteiger partial charge on any atom is 0.378 e. The second-order valence-electron chi connectivity index (χ2n) is 11.9. The number of fused-ring (bicyclic) bond motifs is 4. The van der Waals surface area contributed by atoms with E-state index in [0.717, 1.165) is 12.1 Å². The number of aromatic hydroxyl groups is 11. The number of carbonyl (C=O) groups excluding carboxylic acids is 5. The van der Waals surface area contributed by atoms with Crippen molar-refractivity contribution in [2.24, 2.45) is 0 Å². The number of phenolic OH excluding ortho intramolecular Hbond substituents is 11. The number of phenols is 11. The van der Waals surface area contributed by atoms with Crippen LogP contribution in [-0.4, -0.2) is 105 Å². The van der Waals surface area contributed by atoms with Crippen LogP contribution in [-0.2, 0) is 28.5 Å². The molecule has 56 heavy (non-hydrogen) atoms. The summed E-state index contributed by atoms with van der Waals surface area (Å²) >= 11 is 0. The Morgan fingerprint density at radius 2 is 1.00 bits per heavy atom. The fourth-order valence-electron chi connectivity index (χ4n) is 5.46. The molecule has 6 rings (SSSR count). The largest absolute Gasteiger partial charge is 0.508 e. The van der Waals surface area contributed by atoms with Crippen molar-refractivity contribution in [3.05, 3.63) is 75.7 Å². The summed E-state index contributed by atoms with van der Waals surface area (Å²) in [5.41, 5.74) is -5.37. The summed E-state index contributed by atoms with van der Waals surface area (Å²) in [6.45, 7) is 0.120. The zero-order valence-electron chi connectivity index (χ0n) is 27.8. The molecule has 2 aliphatic rings. The highest BCUT2D eigenvalue weighted by Crippen LogP contribution is 2.53. The first-order chi connectivity index (χ1) is 26.3. The summed E-state index contributed by atoms with van der Waals surface area (Å²) in [7, 11) is 0. The fourth-order valence-corrected chi connectivity index (χ4v) is 5.46. The van der Waals surface area contributed by atoms with Gasteiger partial charge in [0.1, 0.15) is 18.1 Å². The highest BCUT2D eigenvalue weighted by molar-refractivity contribution is 6.08. The van der Waals surface area contributed by atoms with Crippen molar-refractivity contribution in [1.29, 1.82) is 0 Å². The summed E-state index contributed by atoms with van der Waals surface area (Å²) in [5.74, 6) is -22.8. The van der Waals surface area contributed by atoms with E-state index in [2.05, 4.69) is 0 Å². The maximum atomic E-state index is 14.0. The van der Waals surface area contributed by atoms with E-state index in [1.807, 2.05) is 0 Å². The first-order valence-electron chi connectivity index (χ1n) is 15.4. The van der Waals surface area contributed by atoms with Gasteiger partial charge in [-0.3, -0.25) is 0 Å². The summed E-state index contributed by atoms with van der Waals surface area (Å²) < 4.78 is 26.4. The van der Waals surface area contributed by atoms with Gasteiger partial charge in [-0.1, -0.05) is 0 Å². The minimum absolute atomic E-state index is 0.0823. The van der Waals surface area contributed by atoms with E-state index in [0.29, 0.717) is 24.3 Å². The number of carbonyl (C=O) groups is 5. The van der Waals surface area contributed by atoms with Gasteiger partial charge in [-0.15, -0.1) is 0 Å². The van der Waals surface area contributed by atoms with Crippen molar-refractivity contribution >= 4 is 29.8 Å². The molecule has 4 aromatic rings. The van der Waals surface area contributed by atoms with E-state index in [1.54, 1.807) is 0 Å². The van der Waals surface area contributed by atoms with Crippen LogP contribution in [0.5, 0.6) is 63.2 Å². The zero-order valence-corrected chi connectivity index (χ0v) is 27.8. The highest BCUT2D eigenvalue weighted by Gasteiger charge is 2.47. The molecule has 11 N–H and O–H groups in total. The lowest BCUT2D eigenvalue weighted by molar-refractivity contribution is -0.162. The van der Waals surface area contributed by atoms with Gasteiger partial charge in [-0.05, 0) is 43.3 Å². The molecule has 2 unspecified atom stereocenters. The number of esters is 5. The quantitative estimate of drug-likeness (QED) is 0.0800. The molecular weight excluding hydrogens is 756 g/mol. The van der Waals surface area contributed by atoms with Gasteiger partial charge in [0.2, 0.25) is 23.4 Å². The molecule has 0 saturated carbocycles. The minimum Gasteiger partial charge on any atom is -0.508 e. The van der Waals surface area contributed by atoms with Crippen LogP contribution in [0.25, 0.3) is 11.1 Å². The molecule has 0 bridgehead atoms. The number of hydrogen-bond donors (Lipinski definition) is 11. The lowest BCUT2D eigenvalue weighted by Gasteiger charge is -2.32. The average molecular weight is 781 g/mol. The Morgan fingerprint density at radius 3 is 1.52 bits per heavy atom. The Bertz CT molecular complexity index is 2420. The molecule has 0 spiro atoms. The molecule has 290 valence electrons. The Hall–Kier alpha value is -8.23. The fraction of sp³-hybridized carbons (Fsp3) is 0.114. The highest BCUT2D eigenvalue weighted by atomic mass is 16.7. The van der Waals surface area contributed by atoms with Crippen molar-refractivity contribution < 1.29 is 104 Å². The second-order valence-corrected chi connectivity index (χ2v) is 11.9. The first kappa shape index (κ1) is 37.5. The van der Waals surface area contributed by atoms with Gasteiger partial charge in [0, 0.05) is 16.7 Å². The Labute approximate surface area is 309 Å². The molecule has 0 radical (unpaired) electrons. The van der Waals surface area contributed by atoms with Crippen molar-refractivity contribution in [3.8, 4) is 74.4 Å². The summed E-state index contributed by atoms with van der Waals surface area (Å²) in [6, 6.07) is 3.74. The van der Waals surface area contributed by atoms with Crippen LogP contribution in [0.4, 0.5) is 0 Å². The van der Waals surface area contributed by atoms with Gasteiger partial charge in [0.25, 0.3) is 5.76 Å². The lowest BCUT2D eigenvalue weighted by atomic mass is 9.92. The first-order valence-corrected chi connectivity index (χ1v) is 15.4. The van der Waals surface area contributed by atoms with E-state index in [4.69, 9.17) is 23.7 Å². The number of ether oxygens (including phenoxy) is 5. The van der Waals surface area contributed by atoms with E-state index >= 15 is 0 Å². The predicted molar refractivity (Wildman–Crippen MR) is 175 cm³/mol. The Kier molecular flexibility index (Phi) is 9.14. The van der Waals surface area contributed by atoms with E-state index in [1.165, 1.54) is 6.92 Å². The van der Waals surface area contributed by atoms with E-state index in [9.17, 15) is 80.1 Å². The predicted octanol–water partition coefficient (Wildman–Crippen LogP) is 1.97. The molecule has 0 amide bonds. The average Bonchev–Trinajstić information content (AvgIpc) is 3.16. The third kappa shape index (κ3) is 6.29. The van der Waals surface area contributed by atoms with Crippen LogP contribution in [0.15, 0.2) is 47.9 Å². The summed E-state index contributed by atoms with van der Waals surface area (Å²) in [5, 5.41) is 113. The monoisotopic (exact) mass is 780 g/mol. The van der Waals surface area contributed by atoms with Crippen LogP contribution >= 0.6 is 0 Å². The van der Waals surface area contributed by atoms with Gasteiger partial charge in [-0.2, -0.15) is 0 Å². The molecule has 0 aliphatic carbocycles. The molecule has 0 aromatic heterocycles. The molecular formula is C35H24O21.